The molecule has 1 aliphatic heterocycles. The molecular formula is C13H18ClNO2S. The van der Waals surface area contributed by atoms with Crippen molar-refractivity contribution in [1.29, 1.82) is 0 Å². The maximum Gasteiger partial charge on any atom is 0.139 e. The van der Waals surface area contributed by atoms with E-state index in [0.717, 1.165) is 35.3 Å². The lowest BCUT2D eigenvalue weighted by Crippen LogP contribution is -2.38. The molecule has 0 radical (unpaired) electrons. The highest BCUT2D eigenvalue weighted by Gasteiger charge is 2.21. The Balaban J connectivity index is 1.92. The zero-order valence-corrected chi connectivity index (χ0v) is 12.0. The fourth-order valence-electron chi connectivity index (χ4n) is 2.15. The van der Waals surface area contributed by atoms with Crippen LogP contribution < -0.4 is 5.32 Å². The normalized spacial score (nSPS) is 18.8. The van der Waals surface area contributed by atoms with Crippen LogP contribution in [0.25, 0.3) is 0 Å². The van der Waals surface area contributed by atoms with Gasteiger partial charge in [0.1, 0.15) is 5.78 Å². The van der Waals surface area contributed by atoms with Crippen LogP contribution in [0, 0.1) is 0 Å². The third-order valence-corrected chi connectivity index (χ3v) is 4.60. The molecule has 3 nitrogen and oxygen atoms in total. The Labute approximate surface area is 116 Å². The van der Waals surface area contributed by atoms with E-state index < -0.39 is 0 Å². The lowest BCUT2D eigenvalue weighted by Gasteiger charge is -2.25. The predicted octanol–water partition coefficient (Wildman–Crippen LogP) is 2.84. The molecule has 2 heterocycles. The van der Waals surface area contributed by atoms with Gasteiger partial charge in [-0.3, -0.25) is 4.79 Å². The molecule has 0 saturated carbocycles. The molecular weight excluding hydrogens is 270 g/mol. The minimum Gasteiger partial charge on any atom is -0.381 e. The summed E-state index contributed by atoms with van der Waals surface area (Å²) in [6.45, 7) is 3.96. The molecule has 0 amide bonds. The van der Waals surface area contributed by atoms with E-state index in [9.17, 15) is 4.79 Å². The van der Waals surface area contributed by atoms with Crippen molar-refractivity contribution in [2.45, 2.75) is 31.7 Å². The lowest BCUT2D eigenvalue weighted by molar-refractivity contribution is -0.118. The molecule has 1 aromatic heterocycles. The third-order valence-electron chi connectivity index (χ3n) is 3.26. The van der Waals surface area contributed by atoms with Gasteiger partial charge < -0.3 is 10.1 Å². The molecule has 5 heteroatoms. The summed E-state index contributed by atoms with van der Waals surface area (Å²) in [4.78, 5) is 12.8. The molecule has 1 aliphatic rings. The first kappa shape index (κ1) is 14.0. The zero-order valence-electron chi connectivity index (χ0n) is 10.4. The molecule has 2 rings (SSSR count). The van der Waals surface area contributed by atoms with E-state index in [1.54, 1.807) is 6.92 Å². The molecule has 1 N–H and O–H groups in total. The fourth-order valence-corrected chi connectivity index (χ4v) is 3.37. The molecule has 18 heavy (non-hydrogen) atoms. The van der Waals surface area contributed by atoms with Crippen LogP contribution in [-0.2, 0) is 9.53 Å². The van der Waals surface area contributed by atoms with E-state index in [4.69, 9.17) is 16.3 Å². The highest BCUT2D eigenvalue weighted by Crippen LogP contribution is 2.28. The van der Waals surface area contributed by atoms with Crippen molar-refractivity contribution in [3.8, 4) is 0 Å². The lowest BCUT2D eigenvalue weighted by atomic mass is 10.0. The van der Waals surface area contributed by atoms with Gasteiger partial charge in [0.25, 0.3) is 0 Å². The molecule has 0 aromatic carbocycles. The summed E-state index contributed by atoms with van der Waals surface area (Å²) in [7, 11) is 0. The van der Waals surface area contributed by atoms with Gasteiger partial charge >= 0.3 is 0 Å². The van der Waals surface area contributed by atoms with E-state index in [-0.39, 0.29) is 11.7 Å². The highest BCUT2D eigenvalue weighted by atomic mass is 35.5. The van der Waals surface area contributed by atoms with Crippen LogP contribution in [0.2, 0.25) is 4.34 Å². The largest absolute Gasteiger partial charge is 0.381 e. The monoisotopic (exact) mass is 287 g/mol. The van der Waals surface area contributed by atoms with Crippen LogP contribution in [0.15, 0.2) is 12.1 Å². The smallest absolute Gasteiger partial charge is 0.139 e. The average Bonchev–Trinajstić information content (AvgIpc) is 2.77. The number of hydrogen-bond donors (Lipinski definition) is 1. The number of Topliss-reactive ketones (excluding diaryl/α,β-unsaturated/α-hetero) is 1. The van der Waals surface area contributed by atoms with Crippen molar-refractivity contribution >= 4 is 28.7 Å². The first-order chi connectivity index (χ1) is 8.66. The van der Waals surface area contributed by atoms with Crippen molar-refractivity contribution in [3.05, 3.63) is 21.3 Å². The molecule has 0 spiro atoms. The first-order valence-corrected chi connectivity index (χ1v) is 7.43. The summed E-state index contributed by atoms with van der Waals surface area (Å²) in [5.41, 5.74) is 0. The number of carbonyl (C=O) groups excluding carboxylic acids is 1. The van der Waals surface area contributed by atoms with Gasteiger partial charge in [-0.15, -0.1) is 11.3 Å². The molecule has 1 fully saturated rings. The van der Waals surface area contributed by atoms with Crippen molar-refractivity contribution < 1.29 is 9.53 Å². The fraction of sp³-hybridized carbons (Fsp3) is 0.615. The Kier molecular flexibility index (Phi) is 5.18. The van der Waals surface area contributed by atoms with Crippen molar-refractivity contribution in [1.82, 2.24) is 5.32 Å². The number of carbonyl (C=O) groups is 1. The quantitative estimate of drug-likeness (QED) is 0.905. The Bertz CT molecular complexity index is 401. The van der Waals surface area contributed by atoms with Gasteiger partial charge in [-0.1, -0.05) is 11.6 Å². The molecule has 1 saturated heterocycles. The number of hydrogen-bond acceptors (Lipinski definition) is 4. The molecule has 0 unspecified atom stereocenters. The standard InChI is InChI=1S/C13H18ClNO2S/c1-9(16)11(12-2-3-13(14)18-12)8-15-10-4-6-17-7-5-10/h2-3,10-11,15H,4-8H2,1H3/t11-/m0/s1. The molecule has 1 aromatic rings. The topological polar surface area (TPSA) is 38.3 Å². The van der Waals surface area contributed by atoms with E-state index in [0.29, 0.717) is 12.6 Å². The minimum absolute atomic E-state index is 0.0784. The predicted molar refractivity (Wildman–Crippen MR) is 74.6 cm³/mol. The minimum atomic E-state index is -0.0784. The van der Waals surface area contributed by atoms with Crippen LogP contribution >= 0.6 is 22.9 Å². The van der Waals surface area contributed by atoms with Gasteiger partial charge in [0.05, 0.1) is 10.3 Å². The first-order valence-electron chi connectivity index (χ1n) is 6.23. The van der Waals surface area contributed by atoms with Gasteiger partial charge in [0.2, 0.25) is 0 Å². The zero-order chi connectivity index (χ0) is 13.0. The van der Waals surface area contributed by atoms with Crippen LogP contribution in [-0.4, -0.2) is 31.6 Å². The van der Waals surface area contributed by atoms with Gasteiger partial charge in [-0.05, 0) is 31.9 Å². The highest BCUT2D eigenvalue weighted by molar-refractivity contribution is 7.16. The average molecular weight is 288 g/mol. The molecule has 100 valence electrons. The number of rotatable bonds is 5. The second-order valence-corrected chi connectivity index (χ2v) is 6.35. The van der Waals surface area contributed by atoms with E-state index >= 15 is 0 Å². The summed E-state index contributed by atoms with van der Waals surface area (Å²) in [6, 6.07) is 4.27. The van der Waals surface area contributed by atoms with Gasteiger partial charge in [0.15, 0.2) is 0 Å². The van der Waals surface area contributed by atoms with Crippen LogP contribution in [0.1, 0.15) is 30.6 Å². The molecule has 0 bridgehead atoms. The maximum atomic E-state index is 11.7. The molecule has 1 atom stereocenters. The summed E-state index contributed by atoms with van der Waals surface area (Å²) in [6.07, 6.45) is 2.05. The second-order valence-electron chi connectivity index (χ2n) is 4.60. The van der Waals surface area contributed by atoms with Gasteiger partial charge in [0, 0.05) is 30.7 Å². The third kappa shape index (κ3) is 3.79. The van der Waals surface area contributed by atoms with E-state index in [2.05, 4.69) is 5.32 Å². The number of thiophene rings is 1. The van der Waals surface area contributed by atoms with Gasteiger partial charge in [-0.25, -0.2) is 0 Å². The van der Waals surface area contributed by atoms with Crippen LogP contribution in [0.5, 0.6) is 0 Å². The Morgan fingerprint density at radius 2 is 2.28 bits per heavy atom. The number of halogens is 1. The van der Waals surface area contributed by atoms with E-state index in [1.165, 1.54) is 11.3 Å². The summed E-state index contributed by atoms with van der Waals surface area (Å²) in [5.74, 6) is 0.110. The summed E-state index contributed by atoms with van der Waals surface area (Å²) < 4.78 is 6.06. The molecule has 0 aliphatic carbocycles. The number of ketones is 1. The van der Waals surface area contributed by atoms with Crippen molar-refractivity contribution in [2.24, 2.45) is 0 Å². The summed E-state index contributed by atoms with van der Waals surface area (Å²) >= 11 is 7.42. The van der Waals surface area contributed by atoms with Crippen molar-refractivity contribution in [3.63, 3.8) is 0 Å². The van der Waals surface area contributed by atoms with Crippen LogP contribution in [0.4, 0.5) is 0 Å². The van der Waals surface area contributed by atoms with Gasteiger partial charge in [-0.2, -0.15) is 0 Å². The Morgan fingerprint density at radius 1 is 1.56 bits per heavy atom. The Morgan fingerprint density at radius 3 is 2.83 bits per heavy atom. The van der Waals surface area contributed by atoms with Crippen LogP contribution in [0.3, 0.4) is 0 Å². The maximum absolute atomic E-state index is 11.7. The van der Waals surface area contributed by atoms with E-state index in [1.807, 2.05) is 12.1 Å². The van der Waals surface area contributed by atoms with Crippen molar-refractivity contribution in [2.75, 3.05) is 19.8 Å². The number of ether oxygens (including phenoxy) is 1. The number of nitrogens with one attached hydrogen (secondary N) is 1. The SMILES string of the molecule is CC(=O)[C@H](CNC1CCOCC1)c1ccc(Cl)s1. The second kappa shape index (κ2) is 6.66. The Hall–Kier alpha value is -0.420. The summed E-state index contributed by atoms with van der Waals surface area (Å²) in [5, 5.41) is 3.47.